The number of thioether (sulfide) groups is 1. The minimum absolute atomic E-state index is 0.0827. The molecule has 0 saturated carbocycles. The molecule has 7 heteroatoms. The largest absolute Gasteiger partial charge is 0.457 e. The first-order valence-corrected chi connectivity index (χ1v) is 9.60. The average molecular weight is 381 g/mol. The molecule has 1 aromatic carbocycles. The number of amidine groups is 1. The summed E-state index contributed by atoms with van der Waals surface area (Å²) in [6.07, 6.45) is 1.74. The van der Waals surface area contributed by atoms with Crippen molar-refractivity contribution in [2.24, 2.45) is 4.99 Å². The van der Waals surface area contributed by atoms with Gasteiger partial charge in [0.1, 0.15) is 11.5 Å². The second-order valence-electron chi connectivity index (χ2n) is 6.37. The maximum absolute atomic E-state index is 12.3. The summed E-state index contributed by atoms with van der Waals surface area (Å²) in [6, 6.07) is 13.6. The van der Waals surface area contributed by atoms with Gasteiger partial charge in [-0.25, -0.2) is 0 Å². The highest BCUT2D eigenvalue weighted by molar-refractivity contribution is 8.18. The summed E-state index contributed by atoms with van der Waals surface area (Å²) < 4.78 is 5.85. The Morgan fingerprint density at radius 2 is 1.85 bits per heavy atom. The first-order chi connectivity index (χ1) is 13.1. The predicted molar refractivity (Wildman–Crippen MR) is 106 cm³/mol. The number of piperazine rings is 1. The molecule has 1 aromatic heterocycles. The van der Waals surface area contributed by atoms with Crippen molar-refractivity contribution >= 4 is 34.8 Å². The molecule has 138 valence electrons. The quantitative estimate of drug-likeness (QED) is 0.748. The van der Waals surface area contributed by atoms with Crippen molar-refractivity contribution in [2.75, 3.05) is 26.2 Å². The smallest absolute Gasteiger partial charge is 0.286 e. The van der Waals surface area contributed by atoms with Crippen LogP contribution in [0.2, 0.25) is 0 Å². The molecule has 1 fully saturated rings. The lowest BCUT2D eigenvalue weighted by Crippen LogP contribution is -2.49. The van der Waals surface area contributed by atoms with Gasteiger partial charge < -0.3 is 14.2 Å². The highest BCUT2D eigenvalue weighted by Gasteiger charge is 2.29. The molecule has 4 rings (SSSR count). The van der Waals surface area contributed by atoms with Gasteiger partial charge in [-0.15, -0.1) is 0 Å². The Balaban J connectivity index is 1.44. The summed E-state index contributed by atoms with van der Waals surface area (Å²) in [4.78, 5) is 32.3. The van der Waals surface area contributed by atoms with Gasteiger partial charge in [0.05, 0.1) is 4.91 Å². The van der Waals surface area contributed by atoms with Crippen molar-refractivity contribution in [1.82, 2.24) is 9.80 Å². The van der Waals surface area contributed by atoms with Crippen LogP contribution in [0.1, 0.15) is 12.7 Å². The van der Waals surface area contributed by atoms with Gasteiger partial charge in [0, 0.05) is 44.7 Å². The van der Waals surface area contributed by atoms with E-state index in [9.17, 15) is 9.59 Å². The van der Waals surface area contributed by atoms with Crippen LogP contribution in [0.3, 0.4) is 0 Å². The average Bonchev–Trinajstić information content (AvgIpc) is 3.30. The van der Waals surface area contributed by atoms with Crippen LogP contribution in [0.4, 0.5) is 0 Å². The van der Waals surface area contributed by atoms with Crippen molar-refractivity contribution in [1.29, 1.82) is 0 Å². The molecule has 6 nitrogen and oxygen atoms in total. The molecule has 2 aliphatic heterocycles. The molecule has 0 atom stereocenters. The first-order valence-electron chi connectivity index (χ1n) is 8.78. The highest BCUT2D eigenvalue weighted by Crippen LogP contribution is 2.32. The van der Waals surface area contributed by atoms with Crippen molar-refractivity contribution in [3.8, 4) is 11.3 Å². The number of hydrogen-bond acceptors (Lipinski definition) is 5. The molecule has 2 amide bonds. The predicted octanol–water partition coefficient (Wildman–Crippen LogP) is 3.08. The third-order valence-electron chi connectivity index (χ3n) is 4.56. The van der Waals surface area contributed by atoms with E-state index in [0.717, 1.165) is 11.3 Å². The molecule has 2 aliphatic rings. The Labute approximate surface area is 161 Å². The zero-order valence-corrected chi connectivity index (χ0v) is 15.7. The number of carbonyl (C=O) groups is 2. The number of carbonyl (C=O) groups excluding carboxylic acids is 2. The third kappa shape index (κ3) is 3.83. The van der Waals surface area contributed by atoms with E-state index in [1.807, 2.05) is 47.4 Å². The summed E-state index contributed by atoms with van der Waals surface area (Å²) in [7, 11) is 0. The van der Waals surface area contributed by atoms with Crippen LogP contribution in [-0.2, 0) is 9.59 Å². The highest BCUT2D eigenvalue weighted by atomic mass is 32.2. The molecule has 0 unspecified atom stereocenters. The van der Waals surface area contributed by atoms with Crippen LogP contribution in [0, 0.1) is 0 Å². The van der Waals surface area contributed by atoms with Crippen LogP contribution in [0.25, 0.3) is 17.4 Å². The zero-order valence-electron chi connectivity index (χ0n) is 14.9. The Morgan fingerprint density at radius 1 is 1.11 bits per heavy atom. The van der Waals surface area contributed by atoms with E-state index in [4.69, 9.17) is 4.42 Å². The van der Waals surface area contributed by atoms with E-state index < -0.39 is 0 Å². The molecule has 3 heterocycles. The van der Waals surface area contributed by atoms with Gasteiger partial charge in [-0.3, -0.25) is 9.59 Å². The van der Waals surface area contributed by atoms with Crippen molar-refractivity contribution in [2.45, 2.75) is 6.92 Å². The fourth-order valence-corrected chi connectivity index (χ4v) is 4.01. The SMILES string of the molecule is CC(=O)N1CCN(C2=NC(=O)C(=Cc3ccc(-c4ccccc4)o3)S2)CC1. The van der Waals surface area contributed by atoms with Gasteiger partial charge in [-0.2, -0.15) is 4.99 Å². The van der Waals surface area contributed by atoms with Gasteiger partial charge >= 0.3 is 0 Å². The molecular weight excluding hydrogens is 362 g/mol. The Morgan fingerprint density at radius 3 is 2.56 bits per heavy atom. The molecule has 27 heavy (non-hydrogen) atoms. The van der Waals surface area contributed by atoms with Gasteiger partial charge in [0.15, 0.2) is 5.17 Å². The summed E-state index contributed by atoms with van der Waals surface area (Å²) in [6.45, 7) is 4.26. The summed E-state index contributed by atoms with van der Waals surface area (Å²) in [5.74, 6) is 1.22. The monoisotopic (exact) mass is 381 g/mol. The van der Waals surface area contributed by atoms with Gasteiger partial charge in [0.25, 0.3) is 5.91 Å². The first kappa shape index (κ1) is 17.6. The second-order valence-corrected chi connectivity index (χ2v) is 7.38. The number of hydrogen-bond donors (Lipinski definition) is 0. The molecule has 0 bridgehead atoms. The van der Waals surface area contributed by atoms with Crippen LogP contribution in [0.15, 0.2) is 56.8 Å². The van der Waals surface area contributed by atoms with Crippen LogP contribution in [0.5, 0.6) is 0 Å². The topological polar surface area (TPSA) is 66.1 Å². The molecule has 0 aliphatic carbocycles. The second kappa shape index (κ2) is 7.44. The lowest BCUT2D eigenvalue weighted by Gasteiger charge is -2.34. The molecular formula is C20H19N3O3S. The Kier molecular flexibility index (Phi) is 4.85. The number of rotatable bonds is 2. The normalized spacial score (nSPS) is 18.9. The lowest BCUT2D eigenvalue weighted by atomic mass is 10.2. The fraction of sp³-hybridized carbons (Fsp3) is 0.250. The van der Waals surface area contributed by atoms with Crippen LogP contribution in [-0.4, -0.2) is 53.0 Å². The van der Waals surface area contributed by atoms with E-state index in [2.05, 4.69) is 9.89 Å². The van der Waals surface area contributed by atoms with E-state index in [0.29, 0.717) is 42.0 Å². The van der Waals surface area contributed by atoms with Gasteiger partial charge in [-0.05, 0) is 23.9 Å². The summed E-state index contributed by atoms with van der Waals surface area (Å²) in [5.41, 5.74) is 0.993. The number of benzene rings is 1. The maximum atomic E-state index is 12.3. The van der Waals surface area contributed by atoms with Crippen molar-refractivity contribution < 1.29 is 14.0 Å². The summed E-state index contributed by atoms with van der Waals surface area (Å²) in [5, 5.41) is 0.698. The molecule has 0 spiro atoms. The molecule has 0 radical (unpaired) electrons. The summed E-state index contributed by atoms with van der Waals surface area (Å²) >= 11 is 1.36. The van der Waals surface area contributed by atoms with Crippen LogP contribution >= 0.6 is 11.8 Å². The number of nitrogens with zero attached hydrogens (tertiary/aromatic N) is 3. The third-order valence-corrected chi connectivity index (χ3v) is 5.61. The maximum Gasteiger partial charge on any atom is 0.286 e. The fourth-order valence-electron chi connectivity index (χ4n) is 3.06. The van der Waals surface area contributed by atoms with Gasteiger partial charge in [0.2, 0.25) is 5.91 Å². The number of aliphatic imine (C=N–C) groups is 1. The van der Waals surface area contributed by atoms with E-state index >= 15 is 0 Å². The number of amides is 2. The number of furan rings is 1. The van der Waals surface area contributed by atoms with Crippen molar-refractivity contribution in [3.05, 3.63) is 53.1 Å². The van der Waals surface area contributed by atoms with Gasteiger partial charge in [-0.1, -0.05) is 30.3 Å². The Bertz CT molecular complexity index is 925. The molecule has 1 saturated heterocycles. The lowest BCUT2D eigenvalue weighted by molar-refractivity contribution is -0.130. The van der Waals surface area contributed by atoms with E-state index in [1.54, 1.807) is 13.0 Å². The van der Waals surface area contributed by atoms with E-state index in [1.165, 1.54) is 11.8 Å². The minimum Gasteiger partial charge on any atom is -0.457 e. The molecule has 0 N–H and O–H groups in total. The zero-order chi connectivity index (χ0) is 18.8. The minimum atomic E-state index is -0.248. The van der Waals surface area contributed by atoms with E-state index in [-0.39, 0.29) is 11.8 Å². The molecule has 2 aromatic rings. The van der Waals surface area contributed by atoms with Crippen molar-refractivity contribution in [3.63, 3.8) is 0 Å². The standard InChI is InChI=1S/C20H19N3O3S/c1-14(24)22-9-11-23(12-10-22)20-21-19(25)18(27-20)13-16-7-8-17(26-16)15-5-3-2-4-6-15/h2-8,13H,9-12H2,1H3. The Hall–Kier alpha value is -2.80. The van der Waals surface area contributed by atoms with Crippen LogP contribution < -0.4 is 0 Å².